The lowest BCUT2D eigenvalue weighted by Crippen LogP contribution is -2.51. The summed E-state index contributed by atoms with van der Waals surface area (Å²) in [6.45, 7) is 4.21. The van der Waals surface area contributed by atoms with E-state index in [0.29, 0.717) is 52.9 Å². The zero-order valence-electron chi connectivity index (χ0n) is 15.9. The Hall–Kier alpha value is -0.400. The van der Waals surface area contributed by atoms with Crippen LogP contribution >= 0.6 is 0 Å². The third kappa shape index (κ3) is 7.45. The molecule has 8 atom stereocenters. The fraction of sp³-hybridized carbons (Fsp3) is 1.00. The Morgan fingerprint density at radius 3 is 1.25 bits per heavy atom. The van der Waals surface area contributed by atoms with Gasteiger partial charge in [-0.25, -0.2) is 0 Å². The highest BCUT2D eigenvalue weighted by atomic mass is 16.6. The average Bonchev–Trinajstić information content (AvgIpc) is 3.52. The van der Waals surface area contributed by atoms with E-state index in [1.54, 1.807) is 0 Å². The van der Waals surface area contributed by atoms with Crippen molar-refractivity contribution in [2.45, 2.75) is 48.8 Å². The maximum absolute atomic E-state index is 10.7. The van der Waals surface area contributed by atoms with E-state index in [-0.39, 0.29) is 37.6 Å². The molecule has 10 heteroatoms. The minimum absolute atomic E-state index is 0.0170. The van der Waals surface area contributed by atoms with Gasteiger partial charge in [-0.3, -0.25) is 0 Å². The van der Waals surface area contributed by atoms with Gasteiger partial charge < -0.3 is 48.1 Å². The van der Waals surface area contributed by atoms with Gasteiger partial charge in [-0.2, -0.15) is 0 Å². The molecule has 4 aliphatic heterocycles. The van der Waals surface area contributed by atoms with E-state index in [2.05, 4.69) is 0 Å². The van der Waals surface area contributed by atoms with Gasteiger partial charge in [0.2, 0.25) is 0 Å². The van der Waals surface area contributed by atoms with Crippen LogP contribution in [0.15, 0.2) is 0 Å². The van der Waals surface area contributed by atoms with Crippen molar-refractivity contribution in [2.24, 2.45) is 0 Å². The second-order valence-electron chi connectivity index (χ2n) is 7.63. The Labute approximate surface area is 163 Å². The van der Waals surface area contributed by atoms with Crippen molar-refractivity contribution in [2.75, 3.05) is 66.1 Å². The molecule has 0 saturated carbocycles. The van der Waals surface area contributed by atoms with Gasteiger partial charge in [0, 0.05) is 0 Å². The molecule has 0 radical (unpaired) electrons. The first-order chi connectivity index (χ1) is 13.7. The predicted molar refractivity (Wildman–Crippen MR) is 92.1 cm³/mol. The molecule has 0 spiro atoms. The van der Waals surface area contributed by atoms with Crippen LogP contribution < -0.4 is 0 Å². The van der Waals surface area contributed by atoms with Crippen LogP contribution in [0, 0.1) is 0 Å². The lowest BCUT2D eigenvalue weighted by atomic mass is 10.0. The predicted octanol–water partition coefficient (Wildman–Crippen LogP) is -1.89. The van der Waals surface area contributed by atoms with Gasteiger partial charge in [-0.15, -0.1) is 0 Å². The molecule has 8 unspecified atom stereocenters. The first-order valence-electron chi connectivity index (χ1n) is 9.90. The molecule has 2 N–H and O–H groups in total. The molecular formula is C18H30O10. The highest BCUT2D eigenvalue weighted by molar-refractivity contribution is 4.87. The molecule has 0 aliphatic carbocycles. The molecule has 4 saturated heterocycles. The van der Waals surface area contributed by atoms with Crippen LogP contribution in [0.25, 0.3) is 0 Å². The summed E-state index contributed by atoms with van der Waals surface area (Å²) in [4.78, 5) is 0. The second-order valence-corrected chi connectivity index (χ2v) is 7.63. The summed E-state index contributed by atoms with van der Waals surface area (Å²) in [5, 5.41) is 21.4. The van der Waals surface area contributed by atoms with Gasteiger partial charge in [-0.1, -0.05) is 0 Å². The third-order valence-electron chi connectivity index (χ3n) is 4.83. The van der Waals surface area contributed by atoms with Gasteiger partial charge in [0.15, 0.2) is 0 Å². The molecule has 10 nitrogen and oxygen atoms in total. The summed E-state index contributed by atoms with van der Waals surface area (Å²) >= 11 is 0. The lowest BCUT2D eigenvalue weighted by Gasteiger charge is -2.33. The van der Waals surface area contributed by atoms with Crippen molar-refractivity contribution < 1.29 is 48.1 Å². The summed E-state index contributed by atoms with van der Waals surface area (Å²) in [5.74, 6) is 0. The zero-order chi connectivity index (χ0) is 19.3. The number of hydrogen-bond acceptors (Lipinski definition) is 10. The van der Waals surface area contributed by atoms with Crippen LogP contribution in [0.1, 0.15) is 0 Å². The van der Waals surface area contributed by atoms with Crippen LogP contribution in [-0.4, -0.2) is 125 Å². The van der Waals surface area contributed by atoms with Crippen molar-refractivity contribution in [1.29, 1.82) is 0 Å². The maximum atomic E-state index is 10.7. The minimum Gasteiger partial charge on any atom is -0.388 e. The Morgan fingerprint density at radius 2 is 0.929 bits per heavy atom. The molecule has 0 aromatic carbocycles. The quantitative estimate of drug-likeness (QED) is 0.265. The van der Waals surface area contributed by atoms with E-state index in [1.165, 1.54) is 0 Å². The van der Waals surface area contributed by atoms with E-state index in [4.69, 9.17) is 37.9 Å². The van der Waals surface area contributed by atoms with E-state index < -0.39 is 24.4 Å². The van der Waals surface area contributed by atoms with E-state index in [1.807, 2.05) is 0 Å². The van der Waals surface area contributed by atoms with E-state index >= 15 is 0 Å². The highest BCUT2D eigenvalue weighted by Crippen LogP contribution is 2.21. The molecule has 162 valence electrons. The first-order valence-corrected chi connectivity index (χ1v) is 9.90. The molecule has 4 fully saturated rings. The Balaban J connectivity index is 1.31. The fourth-order valence-electron chi connectivity index (χ4n) is 2.77. The SMILES string of the molecule is OC(COCC1CO1)C(OCC1CO1)C(OCC1CO1)C(O)COCC1CO1. The van der Waals surface area contributed by atoms with Gasteiger partial charge in [0.1, 0.15) is 48.8 Å². The topological polar surface area (TPSA) is 128 Å². The number of epoxide rings is 4. The standard InChI is InChI=1S/C18H30O10/c19-15(9-21-1-11-3-23-11)17(27-7-13-5-25-13)18(28-8-14-6-26-14)16(20)10-22-2-12-4-24-12/h11-20H,1-10H2. The number of aliphatic hydroxyl groups excluding tert-OH is 2. The first kappa shape index (κ1) is 20.9. The average molecular weight is 406 g/mol. The number of ether oxygens (including phenoxy) is 8. The number of rotatable bonds is 17. The summed E-state index contributed by atoms with van der Waals surface area (Å²) < 4.78 is 43.4. The molecule has 4 heterocycles. The minimum atomic E-state index is -0.982. The van der Waals surface area contributed by atoms with Gasteiger partial charge in [0.05, 0.1) is 66.1 Å². The van der Waals surface area contributed by atoms with E-state index in [0.717, 1.165) is 0 Å². The molecule has 0 amide bonds. The van der Waals surface area contributed by atoms with Crippen molar-refractivity contribution in [3.05, 3.63) is 0 Å². The normalized spacial score (nSPS) is 34.5. The summed E-state index contributed by atoms with van der Waals surface area (Å²) in [6.07, 6.45) is -3.30. The summed E-state index contributed by atoms with van der Waals surface area (Å²) in [7, 11) is 0. The number of aliphatic hydroxyl groups is 2. The summed E-state index contributed by atoms with van der Waals surface area (Å²) in [5.41, 5.74) is 0. The molecule has 4 rings (SSSR count). The fourth-order valence-corrected chi connectivity index (χ4v) is 2.77. The van der Waals surface area contributed by atoms with Crippen LogP contribution in [0.2, 0.25) is 0 Å². The van der Waals surface area contributed by atoms with Crippen molar-refractivity contribution in [3.63, 3.8) is 0 Å². The van der Waals surface area contributed by atoms with Gasteiger partial charge in [0.25, 0.3) is 0 Å². The molecular weight excluding hydrogens is 376 g/mol. The Morgan fingerprint density at radius 1 is 0.607 bits per heavy atom. The molecule has 0 aromatic rings. The van der Waals surface area contributed by atoms with Crippen LogP contribution in [-0.2, 0) is 37.9 Å². The second kappa shape index (κ2) is 10.1. The monoisotopic (exact) mass is 406 g/mol. The van der Waals surface area contributed by atoms with Crippen LogP contribution in [0.5, 0.6) is 0 Å². The molecule has 28 heavy (non-hydrogen) atoms. The Kier molecular flexibility index (Phi) is 7.50. The maximum Gasteiger partial charge on any atom is 0.114 e. The molecule has 0 bridgehead atoms. The Bertz CT molecular complexity index is 421. The highest BCUT2D eigenvalue weighted by Gasteiger charge is 2.39. The van der Waals surface area contributed by atoms with Crippen LogP contribution in [0.3, 0.4) is 0 Å². The van der Waals surface area contributed by atoms with Crippen molar-refractivity contribution in [1.82, 2.24) is 0 Å². The van der Waals surface area contributed by atoms with Crippen molar-refractivity contribution >= 4 is 0 Å². The lowest BCUT2D eigenvalue weighted by molar-refractivity contribution is -0.178. The summed E-state index contributed by atoms with van der Waals surface area (Å²) in [6, 6.07) is 0. The molecule has 0 aromatic heterocycles. The smallest absolute Gasteiger partial charge is 0.114 e. The number of hydrogen-bond donors (Lipinski definition) is 2. The van der Waals surface area contributed by atoms with Gasteiger partial charge in [-0.05, 0) is 0 Å². The molecule has 4 aliphatic rings. The third-order valence-corrected chi connectivity index (χ3v) is 4.83. The van der Waals surface area contributed by atoms with Crippen LogP contribution in [0.4, 0.5) is 0 Å². The zero-order valence-corrected chi connectivity index (χ0v) is 15.9. The van der Waals surface area contributed by atoms with Crippen molar-refractivity contribution in [3.8, 4) is 0 Å². The largest absolute Gasteiger partial charge is 0.388 e. The van der Waals surface area contributed by atoms with E-state index in [9.17, 15) is 10.2 Å². The van der Waals surface area contributed by atoms with Gasteiger partial charge >= 0.3 is 0 Å².